The zero-order valence-electron chi connectivity index (χ0n) is 14.7. The van der Waals surface area contributed by atoms with E-state index in [9.17, 15) is 13.2 Å². The van der Waals surface area contributed by atoms with Gasteiger partial charge in [-0.05, 0) is 37.1 Å². The normalized spacial score (nSPS) is 19.9. The molecule has 1 atom stereocenters. The number of halogens is 3. The number of fused-ring (bicyclic) bond motifs is 1. The second kappa shape index (κ2) is 6.96. The second-order valence-electron chi connectivity index (χ2n) is 6.93. The third-order valence-electron chi connectivity index (χ3n) is 4.57. The molecule has 1 fully saturated rings. The van der Waals surface area contributed by atoms with Crippen molar-refractivity contribution in [2.24, 2.45) is 0 Å². The van der Waals surface area contributed by atoms with Gasteiger partial charge in [0.2, 0.25) is 0 Å². The Balaban J connectivity index is 1.95. The Morgan fingerprint density at radius 2 is 2.12 bits per heavy atom. The molecule has 7 heteroatoms. The molecule has 0 radical (unpaired) electrons. The average Bonchev–Trinajstić information content (AvgIpc) is 2.97. The smallest absolute Gasteiger partial charge is 0.420 e. The summed E-state index contributed by atoms with van der Waals surface area (Å²) in [5.41, 5.74) is -0.0536. The summed E-state index contributed by atoms with van der Waals surface area (Å²) in [6.07, 6.45) is -2.37. The molecule has 0 bridgehead atoms. The minimum Gasteiger partial charge on any atom is -0.440 e. The van der Waals surface area contributed by atoms with Gasteiger partial charge in [0.15, 0.2) is 11.5 Å². The standard InChI is InChI=1S/C18H23F3N2O2/c1-11(2)17-22-15-8-12(7-14(16(15)25-17)18(19,20)21)9-23-6-4-5-13(10-23)24-3/h7-8,11,13H,4-6,9-10H2,1-3H3. The number of piperidine rings is 1. The van der Waals surface area contributed by atoms with E-state index >= 15 is 0 Å². The van der Waals surface area contributed by atoms with Gasteiger partial charge < -0.3 is 9.15 Å². The lowest BCUT2D eigenvalue weighted by Crippen LogP contribution is -2.38. The van der Waals surface area contributed by atoms with E-state index in [1.54, 1.807) is 13.2 Å². The number of oxazole rings is 1. The van der Waals surface area contributed by atoms with Gasteiger partial charge in [0, 0.05) is 26.1 Å². The van der Waals surface area contributed by atoms with E-state index in [4.69, 9.17) is 9.15 Å². The van der Waals surface area contributed by atoms with Crippen molar-refractivity contribution in [3.8, 4) is 0 Å². The first-order chi connectivity index (χ1) is 11.8. The molecular formula is C18H23F3N2O2. The van der Waals surface area contributed by atoms with Gasteiger partial charge in [0.25, 0.3) is 0 Å². The molecule has 0 spiro atoms. The van der Waals surface area contributed by atoms with Crippen LogP contribution in [0.2, 0.25) is 0 Å². The fourth-order valence-corrected chi connectivity index (χ4v) is 3.26. The van der Waals surface area contributed by atoms with Crippen molar-refractivity contribution in [3.63, 3.8) is 0 Å². The summed E-state index contributed by atoms with van der Waals surface area (Å²) in [6, 6.07) is 2.89. The van der Waals surface area contributed by atoms with Crippen LogP contribution in [0, 0.1) is 0 Å². The van der Waals surface area contributed by atoms with Gasteiger partial charge >= 0.3 is 6.18 Å². The topological polar surface area (TPSA) is 38.5 Å². The van der Waals surface area contributed by atoms with Crippen LogP contribution in [0.5, 0.6) is 0 Å². The molecule has 138 valence electrons. The van der Waals surface area contributed by atoms with Crippen molar-refractivity contribution in [1.29, 1.82) is 0 Å². The van der Waals surface area contributed by atoms with E-state index < -0.39 is 11.7 Å². The summed E-state index contributed by atoms with van der Waals surface area (Å²) in [4.78, 5) is 6.39. The van der Waals surface area contributed by atoms with Gasteiger partial charge in [-0.25, -0.2) is 4.98 Å². The largest absolute Gasteiger partial charge is 0.440 e. The average molecular weight is 356 g/mol. The van der Waals surface area contributed by atoms with Crippen molar-refractivity contribution in [2.45, 2.75) is 51.4 Å². The van der Waals surface area contributed by atoms with Crippen molar-refractivity contribution >= 4 is 11.1 Å². The van der Waals surface area contributed by atoms with E-state index in [2.05, 4.69) is 9.88 Å². The molecule has 1 aromatic heterocycles. The predicted molar refractivity (Wildman–Crippen MR) is 88.4 cm³/mol. The van der Waals surface area contributed by atoms with Crippen LogP contribution < -0.4 is 0 Å². The summed E-state index contributed by atoms with van der Waals surface area (Å²) in [7, 11) is 1.67. The van der Waals surface area contributed by atoms with Crippen LogP contribution >= 0.6 is 0 Å². The van der Waals surface area contributed by atoms with Gasteiger partial charge in [-0.1, -0.05) is 13.8 Å². The maximum atomic E-state index is 13.5. The first kappa shape index (κ1) is 18.2. The third kappa shape index (κ3) is 3.98. The molecular weight excluding hydrogens is 333 g/mol. The lowest BCUT2D eigenvalue weighted by molar-refractivity contribution is -0.136. The molecule has 1 unspecified atom stereocenters. The minimum atomic E-state index is -4.47. The number of methoxy groups -OCH3 is 1. The summed E-state index contributed by atoms with van der Waals surface area (Å²) >= 11 is 0. The minimum absolute atomic E-state index is 0.0681. The lowest BCUT2D eigenvalue weighted by atomic mass is 10.0. The second-order valence-corrected chi connectivity index (χ2v) is 6.93. The van der Waals surface area contributed by atoms with Gasteiger partial charge in [0.1, 0.15) is 11.1 Å². The number of hydrogen-bond acceptors (Lipinski definition) is 4. The summed E-state index contributed by atoms with van der Waals surface area (Å²) in [5.74, 6) is 0.261. The number of nitrogens with zero attached hydrogens (tertiary/aromatic N) is 2. The van der Waals surface area contributed by atoms with Crippen LogP contribution in [-0.2, 0) is 17.5 Å². The third-order valence-corrected chi connectivity index (χ3v) is 4.57. The fraction of sp³-hybridized carbons (Fsp3) is 0.611. The summed E-state index contributed by atoms with van der Waals surface area (Å²) in [5, 5.41) is 0. The Labute approximate surface area is 145 Å². The van der Waals surface area contributed by atoms with Crippen LogP contribution in [0.3, 0.4) is 0 Å². The molecule has 1 aromatic carbocycles. The lowest BCUT2D eigenvalue weighted by Gasteiger charge is -2.31. The highest BCUT2D eigenvalue weighted by atomic mass is 19.4. The molecule has 0 N–H and O–H groups in total. The van der Waals surface area contributed by atoms with Crippen LogP contribution in [0.25, 0.3) is 11.1 Å². The Morgan fingerprint density at radius 3 is 2.76 bits per heavy atom. The molecule has 2 heterocycles. The highest BCUT2D eigenvalue weighted by Crippen LogP contribution is 2.37. The maximum Gasteiger partial charge on any atom is 0.420 e. The van der Waals surface area contributed by atoms with Crippen LogP contribution in [0.4, 0.5) is 13.2 Å². The molecule has 1 aliphatic heterocycles. The summed E-state index contributed by atoms with van der Waals surface area (Å²) < 4.78 is 51.2. The van der Waals surface area contributed by atoms with Crippen LogP contribution in [-0.4, -0.2) is 36.2 Å². The first-order valence-corrected chi connectivity index (χ1v) is 8.53. The summed E-state index contributed by atoms with van der Waals surface area (Å²) in [6.45, 7) is 5.72. The maximum absolute atomic E-state index is 13.5. The molecule has 0 aliphatic carbocycles. The van der Waals surface area contributed by atoms with Crippen molar-refractivity contribution < 1.29 is 22.3 Å². The Hall–Kier alpha value is -1.60. The van der Waals surface area contributed by atoms with Gasteiger partial charge in [0.05, 0.1) is 6.10 Å². The number of benzene rings is 1. The molecule has 3 rings (SSSR count). The van der Waals surface area contributed by atoms with Crippen molar-refractivity contribution in [2.75, 3.05) is 20.2 Å². The highest BCUT2D eigenvalue weighted by molar-refractivity contribution is 5.78. The molecule has 2 aromatic rings. The monoisotopic (exact) mass is 356 g/mol. The number of alkyl halides is 3. The van der Waals surface area contributed by atoms with Crippen molar-refractivity contribution in [1.82, 2.24) is 9.88 Å². The molecule has 4 nitrogen and oxygen atoms in total. The Kier molecular flexibility index (Phi) is 5.06. The fourth-order valence-electron chi connectivity index (χ4n) is 3.26. The molecule has 0 saturated carbocycles. The Morgan fingerprint density at radius 1 is 1.36 bits per heavy atom. The van der Waals surface area contributed by atoms with Crippen LogP contribution in [0.15, 0.2) is 16.5 Å². The van der Waals surface area contributed by atoms with Gasteiger partial charge in [-0.2, -0.15) is 13.2 Å². The highest BCUT2D eigenvalue weighted by Gasteiger charge is 2.36. The Bertz CT molecular complexity index is 740. The molecule has 0 amide bonds. The van der Waals surface area contributed by atoms with E-state index in [0.717, 1.165) is 25.9 Å². The zero-order chi connectivity index (χ0) is 18.2. The predicted octanol–water partition coefficient (Wildman–Crippen LogP) is 4.58. The van der Waals surface area contributed by atoms with Gasteiger partial charge in [-0.15, -0.1) is 0 Å². The zero-order valence-corrected chi connectivity index (χ0v) is 14.7. The first-order valence-electron chi connectivity index (χ1n) is 8.53. The van der Waals surface area contributed by atoms with E-state index in [1.807, 2.05) is 13.8 Å². The number of hydrogen-bond donors (Lipinski definition) is 0. The van der Waals surface area contributed by atoms with Gasteiger partial charge in [-0.3, -0.25) is 4.90 Å². The quantitative estimate of drug-likeness (QED) is 0.804. The molecule has 1 saturated heterocycles. The van der Waals surface area contributed by atoms with E-state index in [1.165, 1.54) is 6.07 Å². The van der Waals surface area contributed by atoms with Crippen molar-refractivity contribution in [3.05, 3.63) is 29.2 Å². The van der Waals surface area contributed by atoms with E-state index in [0.29, 0.717) is 18.0 Å². The number of ether oxygens (including phenoxy) is 1. The SMILES string of the molecule is COC1CCCN(Cc2cc(C(F)(F)F)c3oc(C(C)C)nc3c2)C1. The number of rotatable bonds is 4. The number of likely N-dealkylation sites (tertiary alicyclic amines) is 1. The molecule has 1 aliphatic rings. The number of aromatic nitrogens is 1. The van der Waals surface area contributed by atoms with E-state index in [-0.39, 0.29) is 23.1 Å². The van der Waals surface area contributed by atoms with Crippen LogP contribution in [0.1, 0.15) is 49.6 Å². The molecule has 25 heavy (non-hydrogen) atoms.